The second-order valence-corrected chi connectivity index (χ2v) is 4.98. The standard InChI is InChI=1S/C12H6Cl2N4O4/c13-7-1-6-9(2-8(7)14)16-11(17-10(6)19)18-4-5(3-15-18)22-12(20)21/h1-4H,(H,20,21)(H,16,17,19). The molecule has 0 amide bonds. The smallest absolute Gasteiger partial charge is 0.449 e. The fourth-order valence-electron chi connectivity index (χ4n) is 1.81. The summed E-state index contributed by atoms with van der Waals surface area (Å²) in [7, 11) is 0. The summed E-state index contributed by atoms with van der Waals surface area (Å²) in [6.07, 6.45) is 0.962. The Hall–Kier alpha value is -2.58. The maximum Gasteiger partial charge on any atom is 0.511 e. The lowest BCUT2D eigenvalue weighted by molar-refractivity contribution is 0.144. The molecule has 0 aliphatic carbocycles. The number of hydrogen-bond donors (Lipinski definition) is 2. The molecule has 0 unspecified atom stereocenters. The summed E-state index contributed by atoms with van der Waals surface area (Å²) < 4.78 is 5.61. The van der Waals surface area contributed by atoms with Gasteiger partial charge in [-0.05, 0) is 12.1 Å². The zero-order valence-corrected chi connectivity index (χ0v) is 12.1. The van der Waals surface area contributed by atoms with Gasteiger partial charge in [0.25, 0.3) is 5.56 Å². The van der Waals surface area contributed by atoms with Crippen molar-refractivity contribution in [3.05, 3.63) is 44.9 Å². The van der Waals surface area contributed by atoms with Crippen LogP contribution in [0.2, 0.25) is 10.0 Å². The first-order valence-corrected chi connectivity index (χ1v) is 6.54. The number of carboxylic acid groups (broad SMARTS) is 1. The van der Waals surface area contributed by atoms with Gasteiger partial charge in [-0.3, -0.25) is 9.78 Å². The van der Waals surface area contributed by atoms with Crippen molar-refractivity contribution < 1.29 is 14.6 Å². The Morgan fingerprint density at radius 3 is 2.77 bits per heavy atom. The lowest BCUT2D eigenvalue weighted by Crippen LogP contribution is -2.13. The molecule has 1 aromatic carbocycles. The first kappa shape index (κ1) is 14.4. The zero-order chi connectivity index (χ0) is 15.9. The van der Waals surface area contributed by atoms with Crippen LogP contribution < -0.4 is 10.3 Å². The number of nitrogens with zero attached hydrogens (tertiary/aromatic N) is 3. The topological polar surface area (TPSA) is 110 Å². The molecule has 2 aromatic heterocycles. The molecule has 0 bridgehead atoms. The maximum atomic E-state index is 12.1. The molecule has 0 fully saturated rings. The molecule has 0 spiro atoms. The number of carbonyl (C=O) groups is 1. The summed E-state index contributed by atoms with van der Waals surface area (Å²) in [6, 6.07) is 2.87. The average Bonchev–Trinajstić information content (AvgIpc) is 2.88. The van der Waals surface area contributed by atoms with E-state index in [1.165, 1.54) is 29.2 Å². The van der Waals surface area contributed by atoms with E-state index in [1.807, 2.05) is 0 Å². The molecule has 0 aliphatic heterocycles. The molecule has 3 rings (SSSR count). The van der Waals surface area contributed by atoms with E-state index in [1.54, 1.807) is 0 Å². The highest BCUT2D eigenvalue weighted by atomic mass is 35.5. The first-order chi connectivity index (χ1) is 10.4. The highest BCUT2D eigenvalue weighted by Crippen LogP contribution is 2.25. The molecule has 2 heterocycles. The first-order valence-electron chi connectivity index (χ1n) is 5.79. The van der Waals surface area contributed by atoms with E-state index in [2.05, 4.69) is 19.8 Å². The number of aromatic nitrogens is 4. The minimum absolute atomic E-state index is 0.00983. The van der Waals surface area contributed by atoms with Gasteiger partial charge >= 0.3 is 6.16 Å². The van der Waals surface area contributed by atoms with Crippen molar-refractivity contribution in [3.63, 3.8) is 0 Å². The van der Waals surface area contributed by atoms with Gasteiger partial charge in [-0.1, -0.05) is 23.2 Å². The fraction of sp³-hybridized carbons (Fsp3) is 0. The molecule has 0 saturated carbocycles. The van der Waals surface area contributed by atoms with Gasteiger partial charge in [0.2, 0.25) is 5.95 Å². The van der Waals surface area contributed by atoms with Crippen molar-refractivity contribution in [3.8, 4) is 11.7 Å². The lowest BCUT2D eigenvalue weighted by Gasteiger charge is -2.04. The third kappa shape index (κ3) is 2.61. The van der Waals surface area contributed by atoms with E-state index in [9.17, 15) is 9.59 Å². The van der Waals surface area contributed by atoms with Crippen LogP contribution in [0.25, 0.3) is 16.9 Å². The van der Waals surface area contributed by atoms with Crippen LogP contribution in [-0.4, -0.2) is 31.0 Å². The minimum Gasteiger partial charge on any atom is -0.449 e. The van der Waals surface area contributed by atoms with E-state index in [4.69, 9.17) is 28.3 Å². The van der Waals surface area contributed by atoms with Gasteiger partial charge in [0.15, 0.2) is 5.75 Å². The second-order valence-electron chi connectivity index (χ2n) is 4.16. The number of nitrogens with one attached hydrogen (secondary N) is 1. The van der Waals surface area contributed by atoms with Gasteiger partial charge in [-0.2, -0.15) is 5.10 Å². The Morgan fingerprint density at radius 1 is 1.32 bits per heavy atom. The molecule has 22 heavy (non-hydrogen) atoms. The van der Waals surface area contributed by atoms with E-state index in [-0.39, 0.29) is 27.1 Å². The summed E-state index contributed by atoms with van der Waals surface area (Å²) in [6.45, 7) is 0. The number of benzene rings is 1. The van der Waals surface area contributed by atoms with Crippen molar-refractivity contribution in [1.82, 2.24) is 19.7 Å². The SMILES string of the molecule is O=C(O)Oc1cnn(-c2nc3cc(Cl)c(Cl)cc3c(=O)[nH]2)c1. The van der Waals surface area contributed by atoms with Gasteiger partial charge in [-0.25, -0.2) is 14.5 Å². The number of aromatic amines is 1. The third-order valence-electron chi connectivity index (χ3n) is 2.72. The highest BCUT2D eigenvalue weighted by molar-refractivity contribution is 6.42. The Morgan fingerprint density at radius 2 is 2.05 bits per heavy atom. The normalized spacial score (nSPS) is 10.8. The number of H-pyrrole nitrogens is 1. The van der Waals surface area contributed by atoms with E-state index in [0.29, 0.717) is 5.52 Å². The number of fused-ring (bicyclic) bond motifs is 1. The van der Waals surface area contributed by atoms with Crippen LogP contribution in [0.1, 0.15) is 0 Å². The number of rotatable bonds is 2. The predicted molar refractivity (Wildman–Crippen MR) is 78.2 cm³/mol. The van der Waals surface area contributed by atoms with Crippen LogP contribution in [0.15, 0.2) is 29.3 Å². The van der Waals surface area contributed by atoms with Gasteiger partial charge in [-0.15, -0.1) is 0 Å². The Labute approximate surface area is 131 Å². The number of halogens is 2. The summed E-state index contributed by atoms with van der Waals surface area (Å²) in [5, 5.41) is 13.2. The van der Waals surface area contributed by atoms with Crippen molar-refractivity contribution in [2.45, 2.75) is 0 Å². The monoisotopic (exact) mass is 340 g/mol. The fourth-order valence-corrected chi connectivity index (χ4v) is 2.13. The van der Waals surface area contributed by atoms with Crippen LogP contribution >= 0.6 is 23.2 Å². The highest BCUT2D eigenvalue weighted by Gasteiger charge is 2.11. The lowest BCUT2D eigenvalue weighted by atomic mass is 10.2. The van der Waals surface area contributed by atoms with Crippen LogP contribution in [0.3, 0.4) is 0 Å². The quantitative estimate of drug-likeness (QED) is 0.693. The van der Waals surface area contributed by atoms with Gasteiger partial charge in [0, 0.05) is 0 Å². The van der Waals surface area contributed by atoms with Crippen LogP contribution in [0.5, 0.6) is 5.75 Å². The molecule has 2 N–H and O–H groups in total. The molecule has 0 radical (unpaired) electrons. The van der Waals surface area contributed by atoms with Crippen molar-refractivity contribution in [2.75, 3.05) is 0 Å². The Balaban J connectivity index is 2.12. The molecule has 0 atom stereocenters. The third-order valence-corrected chi connectivity index (χ3v) is 3.44. The van der Waals surface area contributed by atoms with Gasteiger partial charge in [0.05, 0.1) is 33.3 Å². The summed E-state index contributed by atoms with van der Waals surface area (Å²) in [5.74, 6) is 0.0699. The molecule has 112 valence electrons. The molecule has 8 nitrogen and oxygen atoms in total. The van der Waals surface area contributed by atoms with Crippen molar-refractivity contribution >= 4 is 40.3 Å². The van der Waals surface area contributed by atoms with Crippen molar-refractivity contribution in [2.24, 2.45) is 0 Å². The molecular formula is C12H6Cl2N4O4. The number of ether oxygens (including phenoxy) is 1. The van der Waals surface area contributed by atoms with Gasteiger partial charge < -0.3 is 9.84 Å². The van der Waals surface area contributed by atoms with E-state index < -0.39 is 11.7 Å². The second kappa shape index (κ2) is 5.32. The molecule has 0 aliphatic rings. The zero-order valence-electron chi connectivity index (χ0n) is 10.6. The molecule has 3 aromatic rings. The van der Waals surface area contributed by atoms with Crippen LogP contribution in [0, 0.1) is 0 Å². The van der Waals surface area contributed by atoms with E-state index >= 15 is 0 Å². The van der Waals surface area contributed by atoms with Gasteiger partial charge in [0.1, 0.15) is 0 Å². The maximum absolute atomic E-state index is 12.1. The molecular weight excluding hydrogens is 335 g/mol. The van der Waals surface area contributed by atoms with E-state index in [0.717, 1.165) is 0 Å². The number of hydrogen-bond acceptors (Lipinski definition) is 5. The Kier molecular flexibility index (Phi) is 3.47. The predicted octanol–water partition coefficient (Wildman–Crippen LogP) is 2.47. The summed E-state index contributed by atoms with van der Waals surface area (Å²) in [5.41, 5.74) is -0.112. The Bertz CT molecular complexity index is 950. The van der Waals surface area contributed by atoms with Crippen molar-refractivity contribution in [1.29, 1.82) is 0 Å². The average molecular weight is 341 g/mol. The van der Waals surface area contributed by atoms with Crippen LogP contribution in [0.4, 0.5) is 4.79 Å². The minimum atomic E-state index is -1.47. The largest absolute Gasteiger partial charge is 0.511 e. The molecule has 10 heteroatoms. The molecule has 0 saturated heterocycles. The van der Waals surface area contributed by atoms with Crippen LogP contribution in [-0.2, 0) is 0 Å². The summed E-state index contributed by atoms with van der Waals surface area (Å²) >= 11 is 11.8. The summed E-state index contributed by atoms with van der Waals surface area (Å²) in [4.78, 5) is 29.2.